The van der Waals surface area contributed by atoms with Gasteiger partial charge in [0.05, 0.1) is 0 Å². The van der Waals surface area contributed by atoms with Crippen LogP contribution in [0.3, 0.4) is 0 Å². The lowest BCUT2D eigenvalue weighted by molar-refractivity contribution is 0.106. The molecule has 1 aromatic carbocycles. The molecule has 0 aliphatic carbocycles. The van der Waals surface area contributed by atoms with Crippen molar-refractivity contribution in [2.24, 2.45) is 0 Å². The fourth-order valence-electron chi connectivity index (χ4n) is 2.35. The highest BCUT2D eigenvalue weighted by Gasteiger charge is 2.26. The summed E-state index contributed by atoms with van der Waals surface area (Å²) >= 11 is 0. The number of carbonyl (C=O) groups is 1. The third-order valence-corrected chi connectivity index (χ3v) is 3.19. The van der Waals surface area contributed by atoms with E-state index in [0.29, 0.717) is 6.54 Å². The highest BCUT2D eigenvalue weighted by Crippen LogP contribution is 2.20. The van der Waals surface area contributed by atoms with Crippen LogP contribution in [0, 0.1) is 0 Å². The predicted molar refractivity (Wildman–Crippen MR) is 69.8 cm³/mol. The molecule has 0 aromatic heterocycles. The topological polar surface area (TPSA) is 40.5 Å². The van der Waals surface area contributed by atoms with Crippen molar-refractivity contribution >= 4 is 18.5 Å². The van der Waals surface area contributed by atoms with Crippen molar-refractivity contribution < 1.29 is 9.90 Å². The van der Waals surface area contributed by atoms with Gasteiger partial charge in [-0.05, 0) is 31.2 Å². The van der Waals surface area contributed by atoms with Gasteiger partial charge in [0, 0.05) is 12.6 Å². The van der Waals surface area contributed by atoms with Crippen molar-refractivity contribution in [1.29, 1.82) is 0 Å². The minimum absolute atomic E-state index is 0. The minimum Gasteiger partial charge on any atom is -0.465 e. The van der Waals surface area contributed by atoms with Gasteiger partial charge < -0.3 is 10.0 Å². The van der Waals surface area contributed by atoms with E-state index in [1.807, 2.05) is 18.2 Å². The largest absolute Gasteiger partial charge is 0.465 e. The Kier molecular flexibility index (Phi) is 5.29. The van der Waals surface area contributed by atoms with Gasteiger partial charge in [-0.25, -0.2) is 4.79 Å². The molecule has 1 aliphatic heterocycles. The number of hydrogen-bond donors (Lipinski definition) is 1. The molecule has 1 fully saturated rings. The third-order valence-electron chi connectivity index (χ3n) is 3.19. The van der Waals surface area contributed by atoms with E-state index in [1.165, 1.54) is 5.56 Å². The second-order valence-electron chi connectivity index (χ2n) is 4.32. The van der Waals surface area contributed by atoms with E-state index in [-0.39, 0.29) is 18.4 Å². The Hall–Kier alpha value is -1.22. The van der Waals surface area contributed by atoms with Gasteiger partial charge >= 0.3 is 6.09 Å². The summed E-state index contributed by atoms with van der Waals surface area (Å²) in [4.78, 5) is 12.7. The van der Waals surface area contributed by atoms with Crippen LogP contribution in [-0.2, 0) is 6.42 Å². The molecule has 1 N–H and O–H groups in total. The number of rotatable bonds is 2. The molecular weight excluding hydrogens is 238 g/mol. The molecule has 0 radical (unpaired) electrons. The molecule has 3 nitrogen and oxygen atoms in total. The van der Waals surface area contributed by atoms with Crippen LogP contribution in [0.5, 0.6) is 0 Å². The highest BCUT2D eigenvalue weighted by atomic mass is 35.5. The number of benzene rings is 1. The molecule has 94 valence electrons. The van der Waals surface area contributed by atoms with Gasteiger partial charge in [0.15, 0.2) is 0 Å². The van der Waals surface area contributed by atoms with Gasteiger partial charge in [0.2, 0.25) is 0 Å². The summed E-state index contributed by atoms with van der Waals surface area (Å²) < 4.78 is 0. The molecule has 1 saturated heterocycles. The molecule has 1 aliphatic rings. The summed E-state index contributed by atoms with van der Waals surface area (Å²) in [5.41, 5.74) is 1.22. The van der Waals surface area contributed by atoms with Crippen LogP contribution in [-0.4, -0.2) is 28.7 Å². The maximum Gasteiger partial charge on any atom is 0.407 e. The monoisotopic (exact) mass is 255 g/mol. The Morgan fingerprint density at radius 3 is 2.65 bits per heavy atom. The predicted octanol–water partition coefficient (Wildman–Crippen LogP) is 3.18. The zero-order valence-electron chi connectivity index (χ0n) is 9.71. The summed E-state index contributed by atoms with van der Waals surface area (Å²) in [5, 5.41) is 9.11. The van der Waals surface area contributed by atoms with Gasteiger partial charge in [0.1, 0.15) is 0 Å². The molecule has 1 aromatic rings. The summed E-state index contributed by atoms with van der Waals surface area (Å²) in [5.74, 6) is 0. The van der Waals surface area contributed by atoms with Crippen molar-refractivity contribution in [1.82, 2.24) is 4.90 Å². The quantitative estimate of drug-likeness (QED) is 0.882. The second-order valence-corrected chi connectivity index (χ2v) is 4.32. The van der Waals surface area contributed by atoms with Crippen LogP contribution in [0.15, 0.2) is 30.3 Å². The average molecular weight is 256 g/mol. The first-order chi connectivity index (χ1) is 7.77. The van der Waals surface area contributed by atoms with Crippen molar-refractivity contribution in [3.8, 4) is 0 Å². The first kappa shape index (κ1) is 13.8. The lowest BCUT2D eigenvalue weighted by Gasteiger charge is -2.33. The number of halogens is 1. The van der Waals surface area contributed by atoms with Gasteiger partial charge in [-0.2, -0.15) is 0 Å². The standard InChI is InChI=1S/C13H17NO2.ClH/c15-13(16)14-9-5-4-8-12(14)10-11-6-2-1-3-7-11;/h1-3,6-7,12H,4-5,8-10H2,(H,15,16);1H. The van der Waals surface area contributed by atoms with Crippen molar-refractivity contribution in [3.63, 3.8) is 0 Å². The first-order valence-corrected chi connectivity index (χ1v) is 5.81. The fraction of sp³-hybridized carbons (Fsp3) is 0.462. The zero-order valence-corrected chi connectivity index (χ0v) is 10.5. The molecule has 1 atom stereocenters. The van der Waals surface area contributed by atoms with E-state index in [1.54, 1.807) is 4.90 Å². The molecule has 2 rings (SSSR count). The fourth-order valence-corrected chi connectivity index (χ4v) is 2.35. The number of piperidine rings is 1. The maximum atomic E-state index is 11.1. The van der Waals surface area contributed by atoms with Gasteiger partial charge in [-0.1, -0.05) is 30.3 Å². The summed E-state index contributed by atoms with van der Waals surface area (Å²) in [6.45, 7) is 0.687. The number of nitrogens with zero attached hydrogens (tertiary/aromatic N) is 1. The molecule has 0 saturated carbocycles. The molecule has 1 heterocycles. The lowest BCUT2D eigenvalue weighted by atomic mass is 9.96. The Labute approximate surface area is 108 Å². The molecule has 1 amide bonds. The molecule has 4 heteroatoms. The maximum absolute atomic E-state index is 11.1. The Morgan fingerprint density at radius 2 is 2.00 bits per heavy atom. The van der Waals surface area contributed by atoms with Crippen molar-refractivity contribution in [3.05, 3.63) is 35.9 Å². The van der Waals surface area contributed by atoms with Gasteiger partial charge in [-0.3, -0.25) is 0 Å². The summed E-state index contributed by atoms with van der Waals surface area (Å²) in [6.07, 6.45) is 3.19. The first-order valence-electron chi connectivity index (χ1n) is 5.81. The van der Waals surface area contributed by atoms with E-state index in [0.717, 1.165) is 25.7 Å². The van der Waals surface area contributed by atoms with Crippen LogP contribution in [0.1, 0.15) is 24.8 Å². The van der Waals surface area contributed by atoms with E-state index in [2.05, 4.69) is 12.1 Å². The molecule has 0 spiro atoms. The average Bonchev–Trinajstić information content (AvgIpc) is 2.31. The van der Waals surface area contributed by atoms with Crippen molar-refractivity contribution in [2.45, 2.75) is 31.7 Å². The minimum atomic E-state index is -0.777. The van der Waals surface area contributed by atoms with E-state index in [4.69, 9.17) is 5.11 Å². The van der Waals surface area contributed by atoms with E-state index < -0.39 is 6.09 Å². The Morgan fingerprint density at radius 1 is 1.29 bits per heavy atom. The third kappa shape index (κ3) is 3.63. The molecule has 1 unspecified atom stereocenters. The smallest absolute Gasteiger partial charge is 0.407 e. The summed E-state index contributed by atoms with van der Waals surface area (Å²) in [6, 6.07) is 10.3. The van der Waals surface area contributed by atoms with E-state index in [9.17, 15) is 4.79 Å². The van der Waals surface area contributed by atoms with Crippen LogP contribution in [0.25, 0.3) is 0 Å². The van der Waals surface area contributed by atoms with Crippen LogP contribution < -0.4 is 0 Å². The number of likely N-dealkylation sites (tertiary alicyclic amines) is 1. The normalized spacial score (nSPS) is 19.5. The second kappa shape index (κ2) is 6.50. The lowest BCUT2D eigenvalue weighted by Crippen LogP contribution is -2.44. The van der Waals surface area contributed by atoms with Crippen molar-refractivity contribution in [2.75, 3.05) is 6.54 Å². The Balaban J connectivity index is 0.00000144. The van der Waals surface area contributed by atoms with Gasteiger partial charge in [-0.15, -0.1) is 12.4 Å². The van der Waals surface area contributed by atoms with E-state index >= 15 is 0 Å². The number of hydrogen-bond acceptors (Lipinski definition) is 1. The van der Waals surface area contributed by atoms with Crippen LogP contribution >= 0.6 is 12.4 Å². The zero-order chi connectivity index (χ0) is 11.4. The number of amides is 1. The molecule has 17 heavy (non-hydrogen) atoms. The Bertz CT molecular complexity index is 356. The molecule has 0 bridgehead atoms. The highest BCUT2D eigenvalue weighted by molar-refractivity contribution is 5.85. The van der Waals surface area contributed by atoms with Gasteiger partial charge in [0.25, 0.3) is 0 Å². The number of carboxylic acid groups (broad SMARTS) is 1. The van der Waals surface area contributed by atoms with Crippen LogP contribution in [0.2, 0.25) is 0 Å². The van der Waals surface area contributed by atoms with Crippen LogP contribution in [0.4, 0.5) is 4.79 Å². The molecular formula is C13H18ClNO2. The summed E-state index contributed by atoms with van der Waals surface area (Å²) in [7, 11) is 0. The SMILES string of the molecule is Cl.O=C(O)N1CCCCC1Cc1ccccc1.